The van der Waals surface area contributed by atoms with Crippen LogP contribution in [-0.2, 0) is 0 Å². The first kappa shape index (κ1) is 17.9. The molecule has 0 saturated carbocycles. The zero-order valence-electron chi connectivity index (χ0n) is 14.9. The molecule has 0 aliphatic carbocycles. The molecular formula is C17H25N5O2. The van der Waals surface area contributed by atoms with Crippen LogP contribution in [0.25, 0.3) is 0 Å². The Bertz CT molecular complexity index is 662. The van der Waals surface area contributed by atoms with Crippen LogP contribution in [0.1, 0.15) is 31.2 Å². The van der Waals surface area contributed by atoms with Gasteiger partial charge in [0.2, 0.25) is 11.9 Å². The van der Waals surface area contributed by atoms with E-state index in [0.29, 0.717) is 11.9 Å². The minimum absolute atomic E-state index is 0.00438. The summed E-state index contributed by atoms with van der Waals surface area (Å²) in [6.45, 7) is 6.34. The van der Waals surface area contributed by atoms with E-state index in [1.165, 1.54) is 0 Å². The number of ether oxygens (including phenoxy) is 1. The molecular weight excluding hydrogens is 306 g/mol. The highest BCUT2D eigenvalue weighted by Crippen LogP contribution is 2.24. The van der Waals surface area contributed by atoms with Gasteiger partial charge in [0.15, 0.2) is 0 Å². The number of rotatable bonds is 7. The molecule has 0 aliphatic rings. The molecule has 2 N–H and O–H groups in total. The van der Waals surface area contributed by atoms with E-state index in [1.54, 1.807) is 0 Å². The molecule has 1 heterocycles. The number of aromatic nitrogens is 3. The predicted molar refractivity (Wildman–Crippen MR) is 95.3 cm³/mol. The van der Waals surface area contributed by atoms with E-state index >= 15 is 0 Å². The lowest BCUT2D eigenvalue weighted by Crippen LogP contribution is -2.16. The Morgan fingerprint density at radius 3 is 2.54 bits per heavy atom. The zero-order chi connectivity index (χ0) is 17.7. The molecule has 2 aromatic rings. The molecule has 1 aromatic heterocycles. The number of anilines is 3. The van der Waals surface area contributed by atoms with Crippen molar-refractivity contribution in [2.75, 3.05) is 37.5 Å². The molecule has 0 fully saturated rings. The monoisotopic (exact) mass is 331 g/mol. The lowest BCUT2D eigenvalue weighted by atomic mass is 10.2. The number of nitrogens with one attached hydrogen (secondary N) is 1. The molecule has 24 heavy (non-hydrogen) atoms. The van der Waals surface area contributed by atoms with Gasteiger partial charge >= 0.3 is 0 Å². The molecule has 0 atom stereocenters. The summed E-state index contributed by atoms with van der Waals surface area (Å²) in [5.74, 6) is 2.85. The highest BCUT2D eigenvalue weighted by Gasteiger charge is 2.11. The van der Waals surface area contributed by atoms with E-state index in [-0.39, 0.29) is 19.1 Å². The maximum atomic E-state index is 8.85. The Morgan fingerprint density at radius 1 is 1.21 bits per heavy atom. The van der Waals surface area contributed by atoms with E-state index in [1.807, 2.05) is 44.1 Å². The van der Waals surface area contributed by atoms with Gasteiger partial charge in [-0.15, -0.1) is 0 Å². The van der Waals surface area contributed by atoms with Crippen LogP contribution >= 0.6 is 0 Å². The largest absolute Gasteiger partial charge is 0.491 e. The fourth-order valence-corrected chi connectivity index (χ4v) is 2.07. The maximum absolute atomic E-state index is 8.85. The molecule has 0 radical (unpaired) electrons. The van der Waals surface area contributed by atoms with E-state index in [2.05, 4.69) is 34.1 Å². The van der Waals surface area contributed by atoms with Crippen LogP contribution in [0.4, 0.5) is 17.6 Å². The smallest absolute Gasteiger partial charge is 0.232 e. The zero-order valence-corrected chi connectivity index (χ0v) is 14.9. The van der Waals surface area contributed by atoms with Gasteiger partial charge in [0.05, 0.1) is 6.61 Å². The standard InChI is InChI=1S/C17H25N5O2/c1-11(2)15-19-16(21-17(20-15)22(4)5)18-13-6-7-14(12(3)10-13)24-9-8-23/h6-7,10-11,23H,8-9H2,1-5H3,(H,18,19,20,21). The Labute approximate surface area is 142 Å². The van der Waals surface area contributed by atoms with Crippen molar-refractivity contribution in [2.45, 2.75) is 26.7 Å². The summed E-state index contributed by atoms with van der Waals surface area (Å²) in [4.78, 5) is 15.2. The van der Waals surface area contributed by atoms with Crippen molar-refractivity contribution in [1.82, 2.24) is 15.0 Å². The summed E-state index contributed by atoms with van der Waals surface area (Å²) >= 11 is 0. The third-order valence-corrected chi connectivity index (χ3v) is 3.34. The molecule has 0 bridgehead atoms. The Morgan fingerprint density at radius 2 is 1.96 bits per heavy atom. The summed E-state index contributed by atoms with van der Waals surface area (Å²) in [6.07, 6.45) is 0. The third-order valence-electron chi connectivity index (χ3n) is 3.34. The van der Waals surface area contributed by atoms with Crippen LogP contribution in [-0.4, -0.2) is 47.4 Å². The number of hydrogen-bond acceptors (Lipinski definition) is 7. The van der Waals surface area contributed by atoms with Crippen molar-refractivity contribution in [2.24, 2.45) is 0 Å². The first-order valence-corrected chi connectivity index (χ1v) is 7.95. The van der Waals surface area contributed by atoms with Gasteiger partial charge in [-0.05, 0) is 30.7 Å². The minimum atomic E-state index is -0.00438. The quantitative estimate of drug-likeness (QED) is 0.806. The second-order valence-electron chi connectivity index (χ2n) is 6.04. The molecule has 0 amide bonds. The SMILES string of the molecule is Cc1cc(Nc2nc(C(C)C)nc(N(C)C)n2)ccc1OCCO. The molecule has 130 valence electrons. The van der Waals surface area contributed by atoms with Crippen LogP contribution in [0, 0.1) is 6.92 Å². The van der Waals surface area contributed by atoms with Gasteiger partial charge in [-0.2, -0.15) is 15.0 Å². The lowest BCUT2D eigenvalue weighted by Gasteiger charge is -2.15. The molecule has 7 heteroatoms. The van der Waals surface area contributed by atoms with Crippen molar-refractivity contribution < 1.29 is 9.84 Å². The minimum Gasteiger partial charge on any atom is -0.491 e. The average molecular weight is 331 g/mol. The topological polar surface area (TPSA) is 83.4 Å². The van der Waals surface area contributed by atoms with Gasteiger partial charge < -0.3 is 20.1 Å². The van der Waals surface area contributed by atoms with E-state index in [9.17, 15) is 0 Å². The molecule has 7 nitrogen and oxygen atoms in total. The summed E-state index contributed by atoms with van der Waals surface area (Å²) in [7, 11) is 3.81. The highest BCUT2D eigenvalue weighted by atomic mass is 16.5. The molecule has 1 aromatic carbocycles. The maximum Gasteiger partial charge on any atom is 0.232 e. The second-order valence-corrected chi connectivity index (χ2v) is 6.04. The van der Waals surface area contributed by atoms with Gasteiger partial charge in [-0.1, -0.05) is 13.8 Å². The van der Waals surface area contributed by atoms with Crippen LogP contribution < -0.4 is 15.0 Å². The van der Waals surface area contributed by atoms with E-state index in [4.69, 9.17) is 9.84 Å². The van der Waals surface area contributed by atoms with Crippen LogP contribution in [0.5, 0.6) is 5.75 Å². The Kier molecular flexibility index (Phi) is 5.92. The van der Waals surface area contributed by atoms with Crippen molar-refractivity contribution >= 4 is 17.6 Å². The first-order chi connectivity index (χ1) is 11.4. The normalized spacial score (nSPS) is 10.8. The molecule has 0 saturated heterocycles. The average Bonchev–Trinajstić information content (AvgIpc) is 2.53. The number of benzene rings is 1. The highest BCUT2D eigenvalue weighted by molar-refractivity contribution is 5.57. The predicted octanol–water partition coefficient (Wildman–Crippen LogP) is 2.48. The number of aliphatic hydroxyl groups excluding tert-OH is 1. The van der Waals surface area contributed by atoms with Crippen LogP contribution in [0.15, 0.2) is 18.2 Å². The van der Waals surface area contributed by atoms with Crippen LogP contribution in [0.3, 0.4) is 0 Å². The first-order valence-electron chi connectivity index (χ1n) is 7.95. The third kappa shape index (κ3) is 4.55. The number of aryl methyl sites for hydroxylation is 1. The summed E-state index contributed by atoms with van der Waals surface area (Å²) < 4.78 is 5.47. The van der Waals surface area contributed by atoms with Crippen molar-refractivity contribution in [1.29, 1.82) is 0 Å². The number of nitrogens with zero attached hydrogens (tertiary/aromatic N) is 4. The molecule has 0 unspecified atom stereocenters. The van der Waals surface area contributed by atoms with E-state index < -0.39 is 0 Å². The lowest BCUT2D eigenvalue weighted by molar-refractivity contribution is 0.200. The fourth-order valence-electron chi connectivity index (χ4n) is 2.07. The van der Waals surface area contributed by atoms with Gasteiger partial charge in [0.25, 0.3) is 0 Å². The summed E-state index contributed by atoms with van der Waals surface area (Å²) in [5, 5.41) is 12.1. The Balaban J connectivity index is 2.25. The van der Waals surface area contributed by atoms with Crippen molar-refractivity contribution in [3.63, 3.8) is 0 Å². The van der Waals surface area contributed by atoms with Gasteiger partial charge in [-0.3, -0.25) is 0 Å². The number of aliphatic hydroxyl groups is 1. The van der Waals surface area contributed by atoms with Gasteiger partial charge in [-0.25, -0.2) is 0 Å². The molecule has 0 aliphatic heterocycles. The van der Waals surface area contributed by atoms with Crippen LogP contribution in [0.2, 0.25) is 0 Å². The summed E-state index contributed by atoms with van der Waals surface area (Å²) in [6, 6.07) is 5.72. The Hall–Kier alpha value is -2.41. The van der Waals surface area contributed by atoms with Gasteiger partial charge in [0, 0.05) is 25.7 Å². The fraction of sp³-hybridized carbons (Fsp3) is 0.471. The van der Waals surface area contributed by atoms with Gasteiger partial charge in [0.1, 0.15) is 18.2 Å². The molecule has 2 rings (SSSR count). The van der Waals surface area contributed by atoms with Crippen molar-refractivity contribution in [3.8, 4) is 5.75 Å². The second kappa shape index (κ2) is 7.92. The number of hydrogen-bond donors (Lipinski definition) is 2. The molecule has 0 spiro atoms. The summed E-state index contributed by atoms with van der Waals surface area (Å²) in [5.41, 5.74) is 1.84. The van der Waals surface area contributed by atoms with Crippen molar-refractivity contribution in [3.05, 3.63) is 29.6 Å². The van der Waals surface area contributed by atoms with E-state index in [0.717, 1.165) is 22.8 Å².